The topological polar surface area (TPSA) is 89.2 Å². The van der Waals surface area contributed by atoms with E-state index in [1.807, 2.05) is 0 Å². The first-order valence-electron chi connectivity index (χ1n) is 5.10. The van der Waals surface area contributed by atoms with E-state index in [1.54, 1.807) is 7.05 Å². The van der Waals surface area contributed by atoms with Crippen LogP contribution in [-0.2, 0) is 9.84 Å². The van der Waals surface area contributed by atoms with Gasteiger partial charge in [-0.15, -0.1) is 0 Å². The lowest BCUT2D eigenvalue weighted by atomic mass is 10.2. The van der Waals surface area contributed by atoms with Gasteiger partial charge in [0.1, 0.15) is 0 Å². The summed E-state index contributed by atoms with van der Waals surface area (Å²) in [4.78, 5) is 8.82. The predicted octanol–water partition coefficient (Wildman–Crippen LogP) is -0.179. The summed E-state index contributed by atoms with van der Waals surface area (Å²) >= 11 is 0. The van der Waals surface area contributed by atoms with E-state index in [1.165, 1.54) is 4.90 Å². The highest BCUT2D eigenvalue weighted by Crippen LogP contribution is 2.23. The molecule has 0 spiro atoms. The zero-order valence-electron chi connectivity index (χ0n) is 9.30. The van der Waals surface area contributed by atoms with Crippen LogP contribution in [0, 0.1) is 5.82 Å². The van der Waals surface area contributed by atoms with Gasteiger partial charge >= 0.3 is 0 Å². The summed E-state index contributed by atoms with van der Waals surface area (Å²) in [5.74, 6) is -0.448. The number of anilines is 2. The van der Waals surface area contributed by atoms with Gasteiger partial charge in [-0.05, 0) is 6.42 Å². The molecule has 8 heteroatoms. The fourth-order valence-corrected chi connectivity index (χ4v) is 3.65. The van der Waals surface area contributed by atoms with Crippen LogP contribution in [0.25, 0.3) is 0 Å². The summed E-state index contributed by atoms with van der Waals surface area (Å²) in [6.07, 6.45) is 1.46. The summed E-state index contributed by atoms with van der Waals surface area (Å²) < 4.78 is 36.2. The Balaban J connectivity index is 2.26. The molecule has 2 N–H and O–H groups in total. The number of nitrogens with two attached hydrogens (primary N) is 1. The molecule has 1 unspecified atom stereocenters. The van der Waals surface area contributed by atoms with Gasteiger partial charge in [-0.25, -0.2) is 17.8 Å². The molecular weight excluding hydrogens is 247 g/mol. The van der Waals surface area contributed by atoms with Crippen molar-refractivity contribution in [3.63, 3.8) is 0 Å². The van der Waals surface area contributed by atoms with Crippen LogP contribution >= 0.6 is 0 Å². The molecule has 0 bridgehead atoms. The van der Waals surface area contributed by atoms with Crippen LogP contribution in [0.3, 0.4) is 0 Å². The molecule has 0 aromatic carbocycles. The van der Waals surface area contributed by atoms with Crippen molar-refractivity contribution in [1.82, 2.24) is 9.97 Å². The first-order valence-corrected chi connectivity index (χ1v) is 6.92. The molecule has 1 saturated heterocycles. The maximum Gasteiger partial charge on any atom is 0.222 e. The summed E-state index contributed by atoms with van der Waals surface area (Å²) in [5.41, 5.74) is 5.38. The van der Waals surface area contributed by atoms with E-state index >= 15 is 0 Å². The largest absolute Gasteiger partial charge is 0.368 e. The molecule has 1 atom stereocenters. The molecule has 1 aromatic rings. The minimum atomic E-state index is -3.01. The Hall–Kier alpha value is -1.44. The first-order chi connectivity index (χ1) is 7.89. The molecule has 0 aliphatic carbocycles. The number of halogens is 1. The van der Waals surface area contributed by atoms with Crippen LogP contribution in [-0.4, -0.2) is 43.0 Å². The Labute approximate surface area is 98.6 Å². The maximum absolute atomic E-state index is 13.5. The zero-order chi connectivity index (χ0) is 12.6. The van der Waals surface area contributed by atoms with E-state index in [9.17, 15) is 12.8 Å². The second-order valence-electron chi connectivity index (χ2n) is 4.07. The third kappa shape index (κ3) is 2.46. The van der Waals surface area contributed by atoms with Gasteiger partial charge in [-0.3, -0.25) is 0 Å². The molecule has 0 amide bonds. The van der Waals surface area contributed by atoms with Crippen LogP contribution in [0.2, 0.25) is 0 Å². The minimum absolute atomic E-state index is 0.0207. The minimum Gasteiger partial charge on any atom is -0.368 e. The van der Waals surface area contributed by atoms with Crippen LogP contribution in [0.5, 0.6) is 0 Å². The van der Waals surface area contributed by atoms with Crippen molar-refractivity contribution in [2.75, 3.05) is 29.2 Å². The van der Waals surface area contributed by atoms with E-state index in [2.05, 4.69) is 9.97 Å². The molecular formula is C9H13FN4O2S. The molecule has 94 valence electrons. The predicted molar refractivity (Wildman–Crippen MR) is 61.9 cm³/mol. The number of sulfone groups is 1. The highest BCUT2D eigenvalue weighted by molar-refractivity contribution is 7.91. The Kier molecular flexibility index (Phi) is 2.90. The normalized spacial score (nSPS) is 22.6. The third-order valence-electron chi connectivity index (χ3n) is 2.83. The highest BCUT2D eigenvalue weighted by atomic mass is 32.2. The molecule has 0 saturated carbocycles. The van der Waals surface area contributed by atoms with Gasteiger partial charge < -0.3 is 10.6 Å². The quantitative estimate of drug-likeness (QED) is 0.793. The smallest absolute Gasteiger partial charge is 0.222 e. The lowest BCUT2D eigenvalue weighted by Crippen LogP contribution is -2.34. The van der Waals surface area contributed by atoms with Crippen LogP contribution in [0.4, 0.5) is 16.2 Å². The van der Waals surface area contributed by atoms with Crippen LogP contribution in [0.15, 0.2) is 6.20 Å². The first kappa shape index (κ1) is 12.0. The molecule has 1 aromatic heterocycles. The molecule has 2 heterocycles. The molecule has 0 radical (unpaired) electrons. The van der Waals surface area contributed by atoms with Gasteiger partial charge in [0.05, 0.1) is 17.7 Å². The molecule has 1 aliphatic heterocycles. The van der Waals surface area contributed by atoms with Crippen LogP contribution in [0.1, 0.15) is 6.42 Å². The second kappa shape index (κ2) is 4.10. The summed E-state index contributed by atoms with van der Waals surface area (Å²) in [7, 11) is -1.40. The Morgan fingerprint density at radius 1 is 1.59 bits per heavy atom. The number of nitrogen functional groups attached to an aromatic ring is 1. The zero-order valence-corrected chi connectivity index (χ0v) is 10.1. The van der Waals surface area contributed by atoms with Crippen molar-refractivity contribution in [2.45, 2.75) is 12.5 Å². The van der Waals surface area contributed by atoms with Gasteiger partial charge in [0.15, 0.2) is 21.5 Å². The average Bonchev–Trinajstić information content (AvgIpc) is 2.61. The number of rotatable bonds is 2. The summed E-state index contributed by atoms with van der Waals surface area (Å²) in [5, 5.41) is 0. The lowest BCUT2D eigenvalue weighted by molar-refractivity contribution is 0.588. The number of nitrogens with zero attached hydrogens (tertiary/aromatic N) is 3. The SMILES string of the molecule is CN(c1nc(N)ncc1F)C1CCS(=O)(=O)C1. The van der Waals surface area contributed by atoms with Crippen LogP contribution < -0.4 is 10.6 Å². The van der Waals surface area contributed by atoms with Crippen molar-refractivity contribution in [3.8, 4) is 0 Å². The molecule has 2 rings (SSSR count). The van der Waals surface area contributed by atoms with E-state index in [4.69, 9.17) is 5.73 Å². The average molecular weight is 260 g/mol. The van der Waals surface area contributed by atoms with Crippen molar-refractivity contribution in [2.24, 2.45) is 0 Å². The maximum atomic E-state index is 13.5. The number of hydrogen-bond donors (Lipinski definition) is 1. The van der Waals surface area contributed by atoms with Crippen molar-refractivity contribution in [3.05, 3.63) is 12.0 Å². The number of aromatic nitrogens is 2. The second-order valence-corrected chi connectivity index (χ2v) is 6.30. The monoisotopic (exact) mass is 260 g/mol. The van der Waals surface area contributed by atoms with Gasteiger partial charge in [-0.2, -0.15) is 4.98 Å². The van der Waals surface area contributed by atoms with Crippen molar-refractivity contribution >= 4 is 21.6 Å². The molecule has 1 fully saturated rings. The van der Waals surface area contributed by atoms with Gasteiger partial charge in [0.2, 0.25) is 5.95 Å². The Bertz CT molecular complexity index is 534. The summed E-state index contributed by atoms with van der Waals surface area (Å²) in [6.45, 7) is 0. The molecule has 1 aliphatic rings. The number of hydrogen-bond acceptors (Lipinski definition) is 6. The van der Waals surface area contributed by atoms with Crippen molar-refractivity contribution < 1.29 is 12.8 Å². The Morgan fingerprint density at radius 3 is 2.88 bits per heavy atom. The van der Waals surface area contributed by atoms with Gasteiger partial charge in [0.25, 0.3) is 0 Å². The fraction of sp³-hybridized carbons (Fsp3) is 0.556. The van der Waals surface area contributed by atoms with E-state index < -0.39 is 15.7 Å². The highest BCUT2D eigenvalue weighted by Gasteiger charge is 2.32. The molecule has 17 heavy (non-hydrogen) atoms. The van der Waals surface area contributed by atoms with E-state index in [0.717, 1.165) is 6.20 Å². The molecule has 6 nitrogen and oxygen atoms in total. The van der Waals surface area contributed by atoms with Crippen molar-refractivity contribution in [1.29, 1.82) is 0 Å². The van der Waals surface area contributed by atoms with Gasteiger partial charge in [-0.1, -0.05) is 0 Å². The third-order valence-corrected chi connectivity index (χ3v) is 4.58. The standard InChI is InChI=1S/C9H13FN4O2S/c1-14(6-2-3-17(15,16)5-6)8-7(10)4-12-9(11)13-8/h4,6H,2-3,5H2,1H3,(H2,11,12,13). The fourth-order valence-electron chi connectivity index (χ4n) is 1.87. The van der Waals surface area contributed by atoms with E-state index in [-0.39, 0.29) is 29.3 Å². The van der Waals surface area contributed by atoms with E-state index in [0.29, 0.717) is 6.42 Å². The Morgan fingerprint density at radius 2 is 2.29 bits per heavy atom. The lowest BCUT2D eigenvalue weighted by Gasteiger charge is -2.24. The van der Waals surface area contributed by atoms with Gasteiger partial charge in [0, 0.05) is 13.1 Å². The summed E-state index contributed by atoms with van der Waals surface area (Å²) in [6, 6.07) is -0.260.